The number of hydrogen-bond donors (Lipinski definition) is 0. The summed E-state index contributed by atoms with van der Waals surface area (Å²) in [5.41, 5.74) is 2.35. The van der Waals surface area contributed by atoms with Crippen molar-refractivity contribution in [1.29, 1.82) is 0 Å². The van der Waals surface area contributed by atoms with Crippen molar-refractivity contribution in [2.75, 3.05) is 19.8 Å². The summed E-state index contributed by atoms with van der Waals surface area (Å²) in [6, 6.07) is 20.4. The van der Waals surface area contributed by atoms with Gasteiger partial charge in [-0.1, -0.05) is 60.7 Å². The molecular formula is C22H27NO3. The summed E-state index contributed by atoms with van der Waals surface area (Å²) in [6.45, 7) is 4.37. The monoisotopic (exact) mass is 353 g/mol. The Bertz CT molecular complexity index is 674. The van der Waals surface area contributed by atoms with E-state index < -0.39 is 0 Å². The average molecular weight is 353 g/mol. The van der Waals surface area contributed by atoms with Crippen LogP contribution in [0, 0.1) is 0 Å². The zero-order valence-corrected chi connectivity index (χ0v) is 15.3. The molecule has 1 fully saturated rings. The molecule has 0 radical (unpaired) electrons. The molecule has 0 N–H and O–H groups in total. The smallest absolute Gasteiger partial charge is 0.224 e. The lowest BCUT2D eigenvalue weighted by Gasteiger charge is -2.29. The van der Waals surface area contributed by atoms with Gasteiger partial charge in [0.2, 0.25) is 5.91 Å². The molecule has 1 saturated heterocycles. The highest BCUT2D eigenvalue weighted by molar-refractivity contribution is 5.78. The van der Waals surface area contributed by atoms with Gasteiger partial charge in [-0.3, -0.25) is 4.79 Å². The second-order valence-corrected chi connectivity index (χ2v) is 6.60. The summed E-state index contributed by atoms with van der Waals surface area (Å²) >= 11 is 0. The number of carbonyl (C=O) groups excluding carboxylic acids is 1. The lowest BCUT2D eigenvalue weighted by Crippen LogP contribution is -2.39. The zero-order chi connectivity index (χ0) is 18.2. The minimum absolute atomic E-state index is 0.104. The van der Waals surface area contributed by atoms with Crippen LogP contribution in [0.15, 0.2) is 60.7 Å². The van der Waals surface area contributed by atoms with Crippen LogP contribution in [-0.4, -0.2) is 36.8 Å². The first-order chi connectivity index (χ1) is 12.8. The number of amides is 1. The summed E-state index contributed by atoms with van der Waals surface area (Å²) in [6.07, 6.45) is 1.24. The molecule has 1 heterocycles. The fourth-order valence-electron chi connectivity index (χ4n) is 3.40. The van der Waals surface area contributed by atoms with Crippen molar-refractivity contribution in [3.8, 4) is 0 Å². The largest absolute Gasteiger partial charge is 0.376 e. The predicted octanol–water partition coefficient (Wildman–Crippen LogP) is 3.97. The van der Waals surface area contributed by atoms with Gasteiger partial charge in [-0.2, -0.15) is 0 Å². The molecule has 0 aliphatic carbocycles. The van der Waals surface area contributed by atoms with Gasteiger partial charge in [0.1, 0.15) is 6.23 Å². The summed E-state index contributed by atoms with van der Waals surface area (Å²) in [5, 5.41) is 0. The summed E-state index contributed by atoms with van der Waals surface area (Å²) in [7, 11) is 0. The van der Waals surface area contributed by atoms with Crippen molar-refractivity contribution < 1.29 is 14.3 Å². The first kappa shape index (κ1) is 18.6. The second kappa shape index (κ2) is 9.51. The van der Waals surface area contributed by atoms with Crippen LogP contribution >= 0.6 is 0 Å². The second-order valence-electron chi connectivity index (χ2n) is 6.60. The highest BCUT2D eigenvalue weighted by Gasteiger charge is 2.33. The van der Waals surface area contributed by atoms with Crippen LogP contribution in [0.4, 0.5) is 0 Å². The third-order valence-electron chi connectivity index (χ3n) is 4.75. The minimum atomic E-state index is -0.104. The van der Waals surface area contributed by atoms with Crippen molar-refractivity contribution in [3.05, 3.63) is 71.8 Å². The van der Waals surface area contributed by atoms with E-state index in [9.17, 15) is 4.79 Å². The number of likely N-dealkylation sites (tertiary alicyclic amines) is 1. The van der Waals surface area contributed by atoms with Gasteiger partial charge < -0.3 is 14.4 Å². The van der Waals surface area contributed by atoms with Crippen LogP contribution in [0.25, 0.3) is 0 Å². The molecule has 3 rings (SSSR count). The minimum Gasteiger partial charge on any atom is -0.376 e. The third kappa shape index (κ3) is 4.93. The van der Waals surface area contributed by atoms with E-state index in [0.717, 1.165) is 12.0 Å². The molecule has 2 atom stereocenters. The van der Waals surface area contributed by atoms with Gasteiger partial charge in [-0.05, 0) is 18.1 Å². The molecule has 2 unspecified atom stereocenters. The molecule has 4 heteroatoms. The first-order valence-corrected chi connectivity index (χ1v) is 9.35. The zero-order valence-electron chi connectivity index (χ0n) is 15.3. The lowest BCUT2D eigenvalue weighted by molar-refractivity contribution is -0.136. The van der Waals surface area contributed by atoms with Crippen LogP contribution in [0.1, 0.15) is 36.8 Å². The highest BCUT2D eigenvalue weighted by Crippen LogP contribution is 2.25. The van der Waals surface area contributed by atoms with Gasteiger partial charge in [-0.15, -0.1) is 0 Å². The molecule has 2 aromatic rings. The van der Waals surface area contributed by atoms with E-state index in [1.165, 1.54) is 5.56 Å². The van der Waals surface area contributed by atoms with Crippen molar-refractivity contribution >= 4 is 5.91 Å². The molecule has 26 heavy (non-hydrogen) atoms. The van der Waals surface area contributed by atoms with E-state index in [1.807, 2.05) is 48.2 Å². The molecule has 0 aromatic heterocycles. The van der Waals surface area contributed by atoms with E-state index in [-0.39, 0.29) is 18.1 Å². The molecule has 4 nitrogen and oxygen atoms in total. The molecule has 2 aromatic carbocycles. The molecule has 1 aliphatic heterocycles. The molecule has 1 aliphatic rings. The van der Waals surface area contributed by atoms with Crippen molar-refractivity contribution in [3.63, 3.8) is 0 Å². The normalized spacial score (nSPS) is 18.3. The fourth-order valence-corrected chi connectivity index (χ4v) is 3.40. The van der Waals surface area contributed by atoms with Crippen molar-refractivity contribution in [2.45, 2.75) is 38.5 Å². The SMILES string of the molecule is CCOC1CCC(=O)N1CC(COCc1ccccc1)c1ccccc1. The van der Waals surface area contributed by atoms with E-state index >= 15 is 0 Å². The van der Waals surface area contributed by atoms with Gasteiger partial charge in [0.25, 0.3) is 0 Å². The molecule has 0 saturated carbocycles. The lowest BCUT2D eigenvalue weighted by atomic mass is 9.99. The molecule has 0 bridgehead atoms. The number of benzene rings is 2. The Labute approximate surface area is 155 Å². The van der Waals surface area contributed by atoms with E-state index in [4.69, 9.17) is 9.47 Å². The molecule has 1 amide bonds. The maximum absolute atomic E-state index is 12.3. The Morgan fingerprint density at radius 2 is 1.77 bits per heavy atom. The third-order valence-corrected chi connectivity index (χ3v) is 4.75. The standard InChI is InChI=1S/C22H27NO3/c1-2-26-22-14-13-21(24)23(22)15-20(19-11-7-4-8-12-19)17-25-16-18-9-5-3-6-10-18/h3-12,20,22H,2,13-17H2,1H3. The van der Waals surface area contributed by atoms with Crippen LogP contribution in [-0.2, 0) is 20.9 Å². The Hall–Kier alpha value is -2.17. The Kier molecular flexibility index (Phi) is 6.81. The number of rotatable bonds is 9. The summed E-state index contributed by atoms with van der Waals surface area (Å²) in [5.74, 6) is 0.303. The van der Waals surface area contributed by atoms with Gasteiger partial charge >= 0.3 is 0 Å². The van der Waals surface area contributed by atoms with Crippen molar-refractivity contribution in [1.82, 2.24) is 4.90 Å². The average Bonchev–Trinajstić information content (AvgIpc) is 3.02. The van der Waals surface area contributed by atoms with Gasteiger partial charge in [0.15, 0.2) is 0 Å². The number of nitrogens with zero attached hydrogens (tertiary/aromatic N) is 1. The topological polar surface area (TPSA) is 38.8 Å². The van der Waals surface area contributed by atoms with Gasteiger partial charge in [-0.25, -0.2) is 0 Å². The maximum atomic E-state index is 12.3. The molecule has 138 valence electrons. The number of hydrogen-bond acceptors (Lipinski definition) is 3. The van der Waals surface area contributed by atoms with Crippen molar-refractivity contribution in [2.24, 2.45) is 0 Å². The van der Waals surface area contributed by atoms with E-state index in [2.05, 4.69) is 24.3 Å². The highest BCUT2D eigenvalue weighted by atomic mass is 16.5. The summed E-state index contributed by atoms with van der Waals surface area (Å²) in [4.78, 5) is 14.2. The quantitative estimate of drug-likeness (QED) is 0.685. The Morgan fingerprint density at radius 3 is 2.46 bits per heavy atom. The Balaban J connectivity index is 1.66. The van der Waals surface area contributed by atoms with Crippen LogP contribution < -0.4 is 0 Å². The number of carbonyl (C=O) groups is 1. The predicted molar refractivity (Wildman–Crippen MR) is 102 cm³/mol. The van der Waals surface area contributed by atoms with E-state index in [1.54, 1.807) is 0 Å². The number of ether oxygens (including phenoxy) is 2. The fraction of sp³-hybridized carbons (Fsp3) is 0.409. The van der Waals surface area contributed by atoms with Crippen LogP contribution in [0.5, 0.6) is 0 Å². The maximum Gasteiger partial charge on any atom is 0.224 e. The molecular weight excluding hydrogens is 326 g/mol. The molecule has 0 spiro atoms. The first-order valence-electron chi connectivity index (χ1n) is 9.35. The van der Waals surface area contributed by atoms with E-state index in [0.29, 0.717) is 32.8 Å². The Morgan fingerprint density at radius 1 is 1.08 bits per heavy atom. The van der Waals surface area contributed by atoms with Crippen LogP contribution in [0.2, 0.25) is 0 Å². The summed E-state index contributed by atoms with van der Waals surface area (Å²) < 4.78 is 11.8. The van der Waals surface area contributed by atoms with Gasteiger partial charge in [0.05, 0.1) is 13.2 Å². The van der Waals surface area contributed by atoms with Crippen LogP contribution in [0.3, 0.4) is 0 Å². The van der Waals surface area contributed by atoms with Gasteiger partial charge in [0, 0.05) is 31.9 Å².